The van der Waals surface area contributed by atoms with Crippen molar-refractivity contribution in [2.45, 2.75) is 39.5 Å². The molecular formula is C13H25N5. The number of unbranched alkanes of at least 4 members (excludes halogenated alkanes) is 1. The summed E-state index contributed by atoms with van der Waals surface area (Å²) in [6, 6.07) is 0. The Bertz CT molecular complexity index is 351. The molecule has 0 unspecified atom stereocenters. The zero-order valence-electron chi connectivity index (χ0n) is 12.0. The third-order valence-corrected chi connectivity index (χ3v) is 2.82. The molecule has 1 heterocycles. The van der Waals surface area contributed by atoms with E-state index in [1.807, 2.05) is 0 Å². The number of nitrogens with zero attached hydrogens (tertiary/aromatic N) is 4. The van der Waals surface area contributed by atoms with E-state index in [0.717, 1.165) is 43.7 Å². The van der Waals surface area contributed by atoms with Crippen LogP contribution in [0.5, 0.6) is 0 Å². The fourth-order valence-corrected chi connectivity index (χ4v) is 1.77. The summed E-state index contributed by atoms with van der Waals surface area (Å²) < 4.78 is 0. The first kappa shape index (κ1) is 14.8. The van der Waals surface area contributed by atoms with Gasteiger partial charge in [-0.2, -0.15) is 5.10 Å². The Labute approximate surface area is 110 Å². The summed E-state index contributed by atoms with van der Waals surface area (Å²) in [5.74, 6) is 0.661. The number of rotatable bonds is 8. The summed E-state index contributed by atoms with van der Waals surface area (Å²) in [6.07, 6.45) is 4.11. The first-order valence-corrected chi connectivity index (χ1v) is 6.78. The molecule has 5 nitrogen and oxygen atoms in total. The highest BCUT2D eigenvalue weighted by molar-refractivity contribution is 5.25. The Morgan fingerprint density at radius 1 is 1.00 bits per heavy atom. The third kappa shape index (κ3) is 4.96. The van der Waals surface area contributed by atoms with E-state index in [-0.39, 0.29) is 0 Å². The summed E-state index contributed by atoms with van der Waals surface area (Å²) in [6.45, 7) is 6.21. The molecule has 0 aliphatic heterocycles. The van der Waals surface area contributed by atoms with E-state index >= 15 is 0 Å². The van der Waals surface area contributed by atoms with Crippen LogP contribution < -0.4 is 5.32 Å². The average molecular weight is 251 g/mol. The van der Waals surface area contributed by atoms with Crippen molar-refractivity contribution in [2.24, 2.45) is 0 Å². The molecule has 5 heteroatoms. The van der Waals surface area contributed by atoms with E-state index < -0.39 is 0 Å². The van der Waals surface area contributed by atoms with Crippen LogP contribution in [0.4, 0.5) is 5.95 Å². The van der Waals surface area contributed by atoms with Gasteiger partial charge in [0.05, 0.1) is 11.4 Å². The minimum absolute atomic E-state index is 0.661. The van der Waals surface area contributed by atoms with Gasteiger partial charge in [-0.25, -0.2) is 4.98 Å². The van der Waals surface area contributed by atoms with Crippen LogP contribution >= 0.6 is 0 Å². The minimum Gasteiger partial charge on any atom is -0.353 e. The van der Waals surface area contributed by atoms with Crippen LogP contribution in [-0.2, 0) is 12.8 Å². The van der Waals surface area contributed by atoms with E-state index in [4.69, 9.17) is 0 Å². The Kier molecular flexibility index (Phi) is 6.57. The third-order valence-electron chi connectivity index (χ3n) is 2.82. The second-order valence-electron chi connectivity index (χ2n) is 4.67. The molecule has 18 heavy (non-hydrogen) atoms. The van der Waals surface area contributed by atoms with Crippen LogP contribution in [0.15, 0.2) is 0 Å². The molecular weight excluding hydrogens is 226 g/mol. The van der Waals surface area contributed by atoms with Crippen LogP contribution in [0.3, 0.4) is 0 Å². The van der Waals surface area contributed by atoms with Gasteiger partial charge in [-0.15, -0.1) is 5.10 Å². The number of aromatic nitrogens is 3. The fourth-order valence-electron chi connectivity index (χ4n) is 1.77. The van der Waals surface area contributed by atoms with Gasteiger partial charge >= 0.3 is 0 Å². The predicted octanol–water partition coefficient (Wildman–Crippen LogP) is 1.75. The zero-order valence-corrected chi connectivity index (χ0v) is 12.0. The van der Waals surface area contributed by atoms with Crippen molar-refractivity contribution in [3.63, 3.8) is 0 Å². The second kappa shape index (κ2) is 7.97. The molecule has 0 aliphatic rings. The molecule has 0 saturated heterocycles. The highest BCUT2D eigenvalue weighted by atomic mass is 15.2. The van der Waals surface area contributed by atoms with E-state index in [2.05, 4.69) is 53.3 Å². The second-order valence-corrected chi connectivity index (χ2v) is 4.67. The van der Waals surface area contributed by atoms with Gasteiger partial charge in [0.15, 0.2) is 0 Å². The van der Waals surface area contributed by atoms with Crippen molar-refractivity contribution in [2.75, 3.05) is 32.5 Å². The molecule has 0 atom stereocenters. The first-order valence-electron chi connectivity index (χ1n) is 6.78. The van der Waals surface area contributed by atoms with Crippen molar-refractivity contribution in [1.29, 1.82) is 0 Å². The SMILES string of the molecule is CCc1nnc(NCCCCN(C)C)nc1CC. The van der Waals surface area contributed by atoms with Gasteiger partial charge in [-0.1, -0.05) is 13.8 Å². The topological polar surface area (TPSA) is 53.9 Å². The molecule has 102 valence electrons. The Morgan fingerprint density at radius 3 is 2.33 bits per heavy atom. The maximum atomic E-state index is 4.50. The van der Waals surface area contributed by atoms with Crippen molar-refractivity contribution in [1.82, 2.24) is 20.1 Å². The lowest BCUT2D eigenvalue weighted by atomic mass is 10.2. The fraction of sp³-hybridized carbons (Fsp3) is 0.769. The van der Waals surface area contributed by atoms with Crippen LogP contribution in [0.2, 0.25) is 0 Å². The van der Waals surface area contributed by atoms with Gasteiger partial charge < -0.3 is 10.2 Å². The standard InChI is InChI=1S/C13H25N5/c1-5-11-12(6-2)16-17-13(15-11)14-9-7-8-10-18(3)4/h5-10H2,1-4H3,(H,14,15,17). The smallest absolute Gasteiger partial charge is 0.242 e. The number of hydrogen-bond donors (Lipinski definition) is 1. The van der Waals surface area contributed by atoms with Gasteiger partial charge in [0.2, 0.25) is 5.95 Å². The molecule has 0 saturated carbocycles. The summed E-state index contributed by atoms with van der Waals surface area (Å²) in [5.41, 5.74) is 2.07. The normalized spacial score (nSPS) is 10.9. The number of nitrogens with one attached hydrogen (secondary N) is 1. The quantitative estimate of drug-likeness (QED) is 0.713. The number of hydrogen-bond acceptors (Lipinski definition) is 5. The molecule has 0 aromatic carbocycles. The van der Waals surface area contributed by atoms with Crippen molar-refractivity contribution < 1.29 is 0 Å². The van der Waals surface area contributed by atoms with Crippen molar-refractivity contribution in [3.8, 4) is 0 Å². The molecule has 1 N–H and O–H groups in total. The van der Waals surface area contributed by atoms with Crippen LogP contribution in [0.1, 0.15) is 38.1 Å². The summed E-state index contributed by atoms with van der Waals surface area (Å²) in [5, 5.41) is 11.6. The maximum absolute atomic E-state index is 4.50. The predicted molar refractivity (Wildman–Crippen MR) is 74.9 cm³/mol. The summed E-state index contributed by atoms with van der Waals surface area (Å²) in [4.78, 5) is 6.70. The van der Waals surface area contributed by atoms with Crippen LogP contribution in [0.25, 0.3) is 0 Å². The van der Waals surface area contributed by atoms with Gasteiger partial charge in [-0.05, 0) is 46.3 Å². The lowest BCUT2D eigenvalue weighted by molar-refractivity contribution is 0.396. The van der Waals surface area contributed by atoms with Gasteiger partial charge in [0.25, 0.3) is 0 Å². The summed E-state index contributed by atoms with van der Waals surface area (Å²) >= 11 is 0. The lowest BCUT2D eigenvalue weighted by Gasteiger charge is -2.10. The number of anilines is 1. The van der Waals surface area contributed by atoms with E-state index in [0.29, 0.717) is 5.95 Å². The first-order chi connectivity index (χ1) is 8.67. The molecule has 0 aliphatic carbocycles. The number of aryl methyl sites for hydroxylation is 2. The molecule has 0 bridgehead atoms. The van der Waals surface area contributed by atoms with E-state index in [9.17, 15) is 0 Å². The van der Waals surface area contributed by atoms with Gasteiger partial charge in [0, 0.05) is 6.54 Å². The molecule has 0 spiro atoms. The highest BCUT2D eigenvalue weighted by Crippen LogP contribution is 2.06. The lowest BCUT2D eigenvalue weighted by Crippen LogP contribution is -2.15. The molecule has 1 aromatic heterocycles. The van der Waals surface area contributed by atoms with Crippen molar-refractivity contribution >= 4 is 5.95 Å². The minimum atomic E-state index is 0.661. The van der Waals surface area contributed by atoms with E-state index in [1.165, 1.54) is 6.42 Å². The Balaban J connectivity index is 2.38. The van der Waals surface area contributed by atoms with Crippen molar-refractivity contribution in [3.05, 3.63) is 11.4 Å². The maximum Gasteiger partial charge on any atom is 0.242 e. The summed E-state index contributed by atoms with van der Waals surface area (Å²) in [7, 11) is 4.19. The van der Waals surface area contributed by atoms with Crippen LogP contribution in [0, 0.1) is 0 Å². The van der Waals surface area contributed by atoms with E-state index in [1.54, 1.807) is 0 Å². The molecule has 0 fully saturated rings. The molecule has 1 aromatic rings. The molecule has 0 radical (unpaired) electrons. The Morgan fingerprint density at radius 2 is 1.72 bits per heavy atom. The zero-order chi connectivity index (χ0) is 13.4. The molecule has 1 rings (SSSR count). The Hall–Kier alpha value is -1.23. The molecule has 0 amide bonds. The largest absolute Gasteiger partial charge is 0.353 e. The van der Waals surface area contributed by atoms with Crippen LogP contribution in [-0.4, -0.2) is 47.3 Å². The van der Waals surface area contributed by atoms with Gasteiger partial charge in [-0.3, -0.25) is 0 Å². The average Bonchev–Trinajstić information content (AvgIpc) is 2.37. The monoisotopic (exact) mass is 251 g/mol. The highest BCUT2D eigenvalue weighted by Gasteiger charge is 2.05. The van der Waals surface area contributed by atoms with Gasteiger partial charge in [0.1, 0.15) is 0 Å².